The number of hydrogen-bond acceptors (Lipinski definition) is 3. The van der Waals surface area contributed by atoms with Crippen molar-refractivity contribution in [3.05, 3.63) is 35.4 Å². The number of nitrogens with one attached hydrogen (secondary N) is 1. The van der Waals surface area contributed by atoms with Crippen LogP contribution in [0.4, 0.5) is 4.79 Å². The summed E-state index contributed by atoms with van der Waals surface area (Å²) < 4.78 is 0. The van der Waals surface area contributed by atoms with Gasteiger partial charge in [-0.2, -0.15) is 0 Å². The van der Waals surface area contributed by atoms with Gasteiger partial charge < -0.3 is 20.4 Å². The van der Waals surface area contributed by atoms with E-state index in [2.05, 4.69) is 5.32 Å². The van der Waals surface area contributed by atoms with Crippen LogP contribution in [0.5, 0.6) is 0 Å². The highest BCUT2D eigenvalue weighted by Gasteiger charge is 2.12. The largest absolute Gasteiger partial charge is 0.478 e. The highest BCUT2D eigenvalue weighted by Crippen LogP contribution is 2.09. The highest BCUT2D eigenvalue weighted by molar-refractivity contribution is 5.89. The predicted molar refractivity (Wildman–Crippen MR) is 79.5 cm³/mol. The summed E-state index contributed by atoms with van der Waals surface area (Å²) in [6.07, 6.45) is 1.01. The number of urea groups is 1. The van der Waals surface area contributed by atoms with Crippen LogP contribution in [0.1, 0.15) is 29.3 Å². The number of carbonyl (C=O) groups excluding carboxylic acids is 1. The summed E-state index contributed by atoms with van der Waals surface area (Å²) >= 11 is 0. The van der Waals surface area contributed by atoms with Crippen molar-refractivity contribution in [2.24, 2.45) is 0 Å². The van der Waals surface area contributed by atoms with Crippen LogP contribution in [0.3, 0.4) is 0 Å². The maximum atomic E-state index is 11.9. The lowest BCUT2D eigenvalue weighted by atomic mass is 10.0. The third kappa shape index (κ3) is 5.43. The molecule has 1 aromatic carbocycles. The quantitative estimate of drug-likeness (QED) is 0.675. The van der Waals surface area contributed by atoms with Crippen LogP contribution in [0.15, 0.2) is 24.3 Å². The van der Waals surface area contributed by atoms with Crippen molar-refractivity contribution >= 4 is 12.0 Å². The molecule has 0 fully saturated rings. The van der Waals surface area contributed by atoms with Crippen LogP contribution in [0.25, 0.3) is 0 Å². The average molecular weight is 294 g/mol. The molecule has 6 heteroatoms. The van der Waals surface area contributed by atoms with E-state index in [1.807, 2.05) is 6.92 Å². The van der Waals surface area contributed by atoms with E-state index in [4.69, 9.17) is 10.2 Å². The summed E-state index contributed by atoms with van der Waals surface area (Å²) in [6.45, 7) is 3.37. The van der Waals surface area contributed by atoms with Gasteiger partial charge in [0.25, 0.3) is 0 Å². The molecule has 2 amide bonds. The fourth-order valence-corrected chi connectivity index (χ4v) is 2.03. The van der Waals surface area contributed by atoms with Gasteiger partial charge >= 0.3 is 12.0 Å². The number of hydrogen-bond donors (Lipinski definition) is 3. The molecule has 0 saturated carbocycles. The third-order valence-electron chi connectivity index (χ3n) is 3.17. The van der Waals surface area contributed by atoms with Crippen molar-refractivity contribution < 1.29 is 19.8 Å². The molecule has 0 saturated heterocycles. The number of aromatic carboxylic acids is 1. The van der Waals surface area contributed by atoms with Crippen molar-refractivity contribution in [1.82, 2.24) is 10.2 Å². The number of nitrogens with zero attached hydrogens (tertiary/aromatic N) is 1. The van der Waals surface area contributed by atoms with Crippen LogP contribution in [0, 0.1) is 0 Å². The van der Waals surface area contributed by atoms with Crippen molar-refractivity contribution in [1.29, 1.82) is 0 Å². The minimum Gasteiger partial charge on any atom is -0.478 e. The van der Waals surface area contributed by atoms with Crippen LogP contribution in [-0.4, -0.2) is 53.4 Å². The molecule has 0 aliphatic rings. The zero-order chi connectivity index (χ0) is 15.7. The van der Waals surface area contributed by atoms with Crippen LogP contribution in [-0.2, 0) is 6.42 Å². The minimum atomic E-state index is -0.963. The van der Waals surface area contributed by atoms with Crippen LogP contribution in [0.2, 0.25) is 0 Å². The Balaban J connectivity index is 2.49. The third-order valence-corrected chi connectivity index (χ3v) is 3.17. The number of amides is 2. The SMILES string of the molecule is CCN(CCCO)C(=O)NCCc1ccccc1C(=O)O. The monoisotopic (exact) mass is 294 g/mol. The van der Waals surface area contributed by atoms with E-state index in [0.29, 0.717) is 38.0 Å². The number of benzene rings is 1. The predicted octanol–water partition coefficient (Wildman–Crippen LogP) is 1.34. The molecule has 1 aromatic rings. The Hall–Kier alpha value is -2.08. The van der Waals surface area contributed by atoms with Gasteiger partial charge in [0.1, 0.15) is 0 Å². The lowest BCUT2D eigenvalue weighted by Gasteiger charge is -2.21. The Kier molecular flexibility index (Phi) is 7.25. The molecule has 1 rings (SSSR count). The number of aliphatic hydroxyl groups is 1. The van der Waals surface area contributed by atoms with Gasteiger partial charge in [-0.25, -0.2) is 9.59 Å². The maximum absolute atomic E-state index is 11.9. The van der Waals surface area contributed by atoms with Gasteiger partial charge in [0.2, 0.25) is 0 Å². The Bertz CT molecular complexity index is 476. The molecular weight excluding hydrogens is 272 g/mol. The van der Waals surface area contributed by atoms with Crippen molar-refractivity contribution in [3.63, 3.8) is 0 Å². The molecule has 0 unspecified atom stereocenters. The molecule has 0 atom stereocenters. The second kappa shape index (κ2) is 8.97. The molecule has 21 heavy (non-hydrogen) atoms. The van der Waals surface area contributed by atoms with Crippen molar-refractivity contribution in [2.45, 2.75) is 19.8 Å². The average Bonchev–Trinajstić information content (AvgIpc) is 2.48. The van der Waals surface area contributed by atoms with Gasteiger partial charge in [0, 0.05) is 26.2 Å². The van der Waals surface area contributed by atoms with Crippen molar-refractivity contribution in [3.8, 4) is 0 Å². The van der Waals surface area contributed by atoms with E-state index in [9.17, 15) is 9.59 Å². The number of carboxylic acid groups (broad SMARTS) is 1. The molecule has 0 heterocycles. The first kappa shape index (κ1) is 17.0. The summed E-state index contributed by atoms with van der Waals surface area (Å²) in [6, 6.07) is 6.57. The van der Waals surface area contributed by atoms with Crippen LogP contribution < -0.4 is 5.32 Å². The van der Waals surface area contributed by atoms with E-state index >= 15 is 0 Å². The number of carbonyl (C=O) groups is 2. The molecular formula is C15H22N2O4. The van der Waals surface area contributed by atoms with Gasteiger partial charge in [0.15, 0.2) is 0 Å². The van der Waals surface area contributed by atoms with E-state index in [1.54, 1.807) is 29.2 Å². The van der Waals surface area contributed by atoms with E-state index in [0.717, 1.165) is 0 Å². The molecule has 116 valence electrons. The van der Waals surface area contributed by atoms with Crippen LogP contribution >= 0.6 is 0 Å². The second-order valence-corrected chi connectivity index (χ2v) is 4.60. The number of carboxylic acids is 1. The lowest BCUT2D eigenvalue weighted by molar-refractivity contribution is 0.0695. The number of aliphatic hydroxyl groups excluding tert-OH is 1. The first-order valence-electron chi connectivity index (χ1n) is 7.05. The van der Waals surface area contributed by atoms with Gasteiger partial charge in [-0.05, 0) is 31.4 Å². The maximum Gasteiger partial charge on any atom is 0.335 e. The lowest BCUT2D eigenvalue weighted by Crippen LogP contribution is -2.41. The highest BCUT2D eigenvalue weighted by atomic mass is 16.4. The van der Waals surface area contributed by atoms with E-state index in [-0.39, 0.29) is 18.2 Å². The summed E-state index contributed by atoms with van der Waals surface area (Å²) in [5.74, 6) is -0.963. The minimum absolute atomic E-state index is 0.0514. The summed E-state index contributed by atoms with van der Waals surface area (Å²) in [5, 5.41) is 20.6. The normalized spacial score (nSPS) is 10.2. The summed E-state index contributed by atoms with van der Waals surface area (Å²) in [7, 11) is 0. The smallest absolute Gasteiger partial charge is 0.335 e. The topological polar surface area (TPSA) is 89.9 Å². The Morgan fingerprint density at radius 3 is 2.62 bits per heavy atom. The fraction of sp³-hybridized carbons (Fsp3) is 0.467. The number of rotatable bonds is 8. The second-order valence-electron chi connectivity index (χ2n) is 4.60. The Morgan fingerprint density at radius 1 is 1.29 bits per heavy atom. The molecule has 6 nitrogen and oxygen atoms in total. The van der Waals surface area contributed by atoms with Gasteiger partial charge in [0.05, 0.1) is 5.56 Å². The van der Waals surface area contributed by atoms with Crippen molar-refractivity contribution in [2.75, 3.05) is 26.2 Å². The summed E-state index contributed by atoms with van der Waals surface area (Å²) in [4.78, 5) is 24.6. The van der Waals surface area contributed by atoms with Gasteiger partial charge in [-0.15, -0.1) is 0 Å². The Labute approximate surface area is 124 Å². The fourth-order valence-electron chi connectivity index (χ4n) is 2.03. The first-order valence-corrected chi connectivity index (χ1v) is 7.05. The molecule has 0 radical (unpaired) electrons. The zero-order valence-electron chi connectivity index (χ0n) is 12.2. The van der Waals surface area contributed by atoms with Gasteiger partial charge in [-0.3, -0.25) is 0 Å². The standard InChI is InChI=1S/C15H22N2O4/c1-2-17(10-5-11-18)15(21)16-9-8-12-6-3-4-7-13(12)14(19)20/h3-4,6-7,18H,2,5,8-11H2,1H3,(H,16,21)(H,19,20). The molecule has 0 aliphatic carbocycles. The molecule has 0 aliphatic heterocycles. The van der Waals surface area contributed by atoms with Gasteiger partial charge in [-0.1, -0.05) is 18.2 Å². The molecule has 0 spiro atoms. The summed E-state index contributed by atoms with van der Waals surface area (Å²) in [5.41, 5.74) is 0.961. The molecule has 3 N–H and O–H groups in total. The Morgan fingerprint density at radius 2 is 2.00 bits per heavy atom. The van der Waals surface area contributed by atoms with E-state index < -0.39 is 5.97 Å². The molecule has 0 aromatic heterocycles. The zero-order valence-corrected chi connectivity index (χ0v) is 12.2. The first-order chi connectivity index (χ1) is 10.1. The van der Waals surface area contributed by atoms with E-state index in [1.165, 1.54) is 0 Å². The molecule has 0 bridgehead atoms.